The number of rotatable bonds is 8. The largest absolute Gasteiger partial charge is 0.473 e. The molecular weight excluding hydrogens is 550 g/mol. The molecule has 8 heteroatoms. The van der Waals surface area contributed by atoms with E-state index >= 15 is 0 Å². The van der Waals surface area contributed by atoms with E-state index < -0.39 is 0 Å². The van der Waals surface area contributed by atoms with Gasteiger partial charge in [-0.1, -0.05) is 43.3 Å². The molecule has 234 valence electrons. The molecule has 0 bridgehead atoms. The minimum Gasteiger partial charge on any atom is -0.473 e. The molecule has 2 aromatic carbocycles. The van der Waals surface area contributed by atoms with Crippen molar-refractivity contribution in [3.8, 4) is 11.9 Å². The number of hydrogen-bond donors (Lipinski definition) is 1. The van der Waals surface area contributed by atoms with Crippen LogP contribution in [0.1, 0.15) is 66.2 Å². The number of nitriles is 1. The molecule has 2 saturated heterocycles. The molecule has 44 heavy (non-hydrogen) atoms. The standard InChI is InChI=1S/C22H26N4O.C9H11NO.C5H10O/c1-17(2)14-25-11-12-26(15-18(25)3)21-5-4-6-22(24-21)27-16-20-9-7-19(13-23)8-10-20;1-6-3-4-8(9(10)11)5-7(6)2;1-2-5-3-4-6-5/h4-10,18H,1,11-12,14-16H2,2-3H3;3-5H,1-2H3,(H2,10,11);5H,2-4H2,1H3. The third-order valence-electron chi connectivity index (χ3n) is 7.78. The van der Waals surface area contributed by atoms with Gasteiger partial charge in [-0.05, 0) is 87.6 Å². The van der Waals surface area contributed by atoms with Gasteiger partial charge in [0.25, 0.3) is 0 Å². The fourth-order valence-corrected chi connectivity index (χ4v) is 4.78. The Morgan fingerprint density at radius 3 is 2.39 bits per heavy atom. The van der Waals surface area contributed by atoms with Crippen LogP contribution in [0.2, 0.25) is 0 Å². The van der Waals surface area contributed by atoms with E-state index in [-0.39, 0.29) is 5.91 Å². The van der Waals surface area contributed by atoms with Crippen LogP contribution in [0, 0.1) is 25.2 Å². The number of amides is 1. The first-order valence-corrected chi connectivity index (χ1v) is 15.3. The van der Waals surface area contributed by atoms with Crippen LogP contribution in [0.3, 0.4) is 0 Å². The Bertz CT molecular complexity index is 1410. The first-order valence-electron chi connectivity index (χ1n) is 15.3. The number of primary amides is 1. The summed E-state index contributed by atoms with van der Waals surface area (Å²) in [6, 6.07) is 21.3. The molecule has 0 spiro atoms. The van der Waals surface area contributed by atoms with Crippen LogP contribution in [0.25, 0.3) is 0 Å². The van der Waals surface area contributed by atoms with Gasteiger partial charge in [0.2, 0.25) is 11.8 Å². The zero-order valence-electron chi connectivity index (χ0n) is 26.9. The highest BCUT2D eigenvalue weighted by Crippen LogP contribution is 2.21. The number of aromatic nitrogens is 1. The van der Waals surface area contributed by atoms with Crippen molar-refractivity contribution in [2.75, 3.05) is 37.7 Å². The second-order valence-corrected chi connectivity index (χ2v) is 11.5. The SMILES string of the molecule is C=C(C)CN1CCN(c2cccc(OCc3ccc(C#N)cc3)n2)CC1C.CCC1CCO1.Cc1ccc(C(N)=O)cc1C. The molecule has 1 amide bonds. The van der Waals surface area contributed by atoms with E-state index in [2.05, 4.69) is 48.2 Å². The van der Waals surface area contributed by atoms with Gasteiger partial charge in [0.15, 0.2) is 0 Å². The summed E-state index contributed by atoms with van der Waals surface area (Å²) in [5.41, 5.74) is 10.8. The number of nitrogens with two attached hydrogens (primary N) is 1. The molecule has 2 atom stereocenters. The third-order valence-corrected chi connectivity index (χ3v) is 7.78. The van der Waals surface area contributed by atoms with Gasteiger partial charge in [0.1, 0.15) is 12.4 Å². The van der Waals surface area contributed by atoms with Gasteiger partial charge in [-0.25, -0.2) is 0 Å². The molecule has 2 fully saturated rings. The van der Waals surface area contributed by atoms with E-state index in [4.69, 9.17) is 20.5 Å². The van der Waals surface area contributed by atoms with Crippen molar-refractivity contribution >= 4 is 11.7 Å². The minimum atomic E-state index is -0.367. The zero-order chi connectivity index (χ0) is 32.1. The van der Waals surface area contributed by atoms with E-state index in [0.29, 0.717) is 35.8 Å². The van der Waals surface area contributed by atoms with Gasteiger partial charge >= 0.3 is 0 Å². The van der Waals surface area contributed by atoms with Crippen LogP contribution < -0.4 is 15.4 Å². The van der Waals surface area contributed by atoms with Gasteiger partial charge in [-0.2, -0.15) is 10.2 Å². The lowest BCUT2D eigenvalue weighted by atomic mass is 10.1. The fraction of sp³-hybridized carbons (Fsp3) is 0.417. The van der Waals surface area contributed by atoms with Crippen molar-refractivity contribution in [2.45, 2.75) is 66.2 Å². The van der Waals surface area contributed by atoms with Crippen LogP contribution in [-0.4, -0.2) is 60.7 Å². The molecule has 2 N–H and O–H groups in total. The highest BCUT2D eigenvalue weighted by molar-refractivity contribution is 5.93. The maximum atomic E-state index is 10.7. The number of carbonyl (C=O) groups excluding carboxylic acids is 1. The second kappa shape index (κ2) is 17.2. The molecule has 0 aliphatic carbocycles. The number of pyridine rings is 1. The molecule has 0 saturated carbocycles. The molecule has 3 heterocycles. The van der Waals surface area contributed by atoms with Crippen LogP contribution in [0.4, 0.5) is 5.82 Å². The first-order chi connectivity index (χ1) is 21.1. The Morgan fingerprint density at radius 2 is 1.86 bits per heavy atom. The Hall–Kier alpha value is -4.19. The lowest BCUT2D eigenvalue weighted by molar-refractivity contribution is -0.0516. The van der Waals surface area contributed by atoms with Crippen LogP contribution in [0.5, 0.6) is 5.88 Å². The lowest BCUT2D eigenvalue weighted by Crippen LogP contribution is -2.52. The van der Waals surface area contributed by atoms with Gasteiger partial charge in [0, 0.05) is 50.5 Å². The first kappa shape index (κ1) is 34.3. The number of hydrogen-bond acceptors (Lipinski definition) is 7. The lowest BCUT2D eigenvalue weighted by Gasteiger charge is -2.40. The molecule has 2 unspecified atom stereocenters. The van der Waals surface area contributed by atoms with Crippen molar-refractivity contribution in [2.24, 2.45) is 5.73 Å². The fourth-order valence-electron chi connectivity index (χ4n) is 4.78. The van der Waals surface area contributed by atoms with Gasteiger partial charge in [-0.15, -0.1) is 0 Å². The normalized spacial score (nSPS) is 17.5. The monoisotopic (exact) mass is 597 g/mol. The van der Waals surface area contributed by atoms with Crippen molar-refractivity contribution in [3.05, 3.63) is 101 Å². The minimum absolute atomic E-state index is 0.367. The summed E-state index contributed by atoms with van der Waals surface area (Å²) < 4.78 is 10.9. The second-order valence-electron chi connectivity index (χ2n) is 11.5. The number of piperazine rings is 1. The summed E-state index contributed by atoms with van der Waals surface area (Å²) in [5, 5.41) is 8.87. The Balaban J connectivity index is 0.000000253. The summed E-state index contributed by atoms with van der Waals surface area (Å²) in [6.45, 7) is 19.8. The number of aryl methyl sites for hydroxylation is 2. The van der Waals surface area contributed by atoms with E-state index in [0.717, 1.165) is 49.7 Å². The molecule has 5 rings (SSSR count). The zero-order valence-corrected chi connectivity index (χ0v) is 26.9. The third kappa shape index (κ3) is 10.8. The van der Waals surface area contributed by atoms with Gasteiger partial charge in [-0.3, -0.25) is 9.69 Å². The number of ether oxygens (including phenoxy) is 2. The van der Waals surface area contributed by atoms with Crippen molar-refractivity contribution in [3.63, 3.8) is 0 Å². The van der Waals surface area contributed by atoms with Crippen molar-refractivity contribution < 1.29 is 14.3 Å². The number of anilines is 1. The van der Waals surface area contributed by atoms with Gasteiger partial charge < -0.3 is 20.1 Å². The van der Waals surface area contributed by atoms with E-state index in [1.165, 1.54) is 24.0 Å². The summed E-state index contributed by atoms with van der Waals surface area (Å²) in [6.07, 6.45) is 3.10. The Kier molecular flexibility index (Phi) is 13.4. The molecule has 2 aliphatic rings. The molecule has 8 nitrogen and oxygen atoms in total. The van der Waals surface area contributed by atoms with Gasteiger partial charge in [0.05, 0.1) is 17.7 Å². The predicted octanol–water partition coefficient (Wildman–Crippen LogP) is 6.21. The van der Waals surface area contributed by atoms with Crippen LogP contribution >= 0.6 is 0 Å². The predicted molar refractivity (Wildman–Crippen MR) is 177 cm³/mol. The molecule has 0 radical (unpaired) electrons. The van der Waals surface area contributed by atoms with Crippen LogP contribution in [0.15, 0.2) is 72.8 Å². The highest BCUT2D eigenvalue weighted by atomic mass is 16.5. The Labute approximate surface area is 263 Å². The Morgan fingerprint density at radius 1 is 1.14 bits per heavy atom. The van der Waals surface area contributed by atoms with Crippen molar-refractivity contribution in [1.82, 2.24) is 9.88 Å². The van der Waals surface area contributed by atoms with E-state index in [1.807, 2.05) is 50.2 Å². The molecule has 3 aromatic rings. The molecule has 1 aromatic heterocycles. The summed E-state index contributed by atoms with van der Waals surface area (Å²) in [4.78, 5) is 20.1. The summed E-state index contributed by atoms with van der Waals surface area (Å²) in [7, 11) is 0. The van der Waals surface area contributed by atoms with Crippen molar-refractivity contribution in [1.29, 1.82) is 5.26 Å². The molecular formula is C36H47N5O3. The topological polar surface area (TPSA) is 105 Å². The number of benzene rings is 2. The van der Waals surface area contributed by atoms with Crippen LogP contribution in [-0.2, 0) is 11.3 Å². The van der Waals surface area contributed by atoms with E-state index in [1.54, 1.807) is 24.3 Å². The van der Waals surface area contributed by atoms with E-state index in [9.17, 15) is 4.79 Å². The average molecular weight is 598 g/mol. The average Bonchev–Trinajstić information content (AvgIpc) is 2.99. The highest BCUT2D eigenvalue weighted by Gasteiger charge is 2.24. The summed E-state index contributed by atoms with van der Waals surface area (Å²) >= 11 is 0. The summed E-state index contributed by atoms with van der Waals surface area (Å²) in [5.74, 6) is 1.20. The quantitative estimate of drug-likeness (QED) is 0.308. The maximum Gasteiger partial charge on any atom is 0.248 e. The smallest absolute Gasteiger partial charge is 0.248 e. The number of carbonyl (C=O) groups is 1. The maximum absolute atomic E-state index is 10.7. The number of nitrogens with zero attached hydrogens (tertiary/aromatic N) is 4. The molecule has 2 aliphatic heterocycles.